The predicted molar refractivity (Wildman–Crippen MR) is 133 cm³/mol. The highest BCUT2D eigenvalue weighted by Gasteiger charge is 2.37. The number of amides is 4. The molecule has 4 N–H and O–H groups in total. The Labute approximate surface area is 212 Å². The van der Waals surface area contributed by atoms with Gasteiger partial charge in [-0.15, -0.1) is 0 Å². The number of benzene rings is 1. The first-order valence-corrected chi connectivity index (χ1v) is 12.2. The zero-order valence-electron chi connectivity index (χ0n) is 21.5. The van der Waals surface area contributed by atoms with E-state index in [1.54, 1.807) is 39.0 Å². The molecule has 1 fully saturated rings. The molecule has 196 valence electrons. The van der Waals surface area contributed by atoms with Gasteiger partial charge < -0.3 is 26.0 Å². The first kappa shape index (κ1) is 28.6. The molecule has 2 unspecified atom stereocenters. The Morgan fingerprint density at radius 1 is 1.19 bits per heavy atom. The topological polar surface area (TPSA) is 155 Å². The monoisotopic (exact) mass is 499 g/mol. The summed E-state index contributed by atoms with van der Waals surface area (Å²) in [6, 6.07) is 6.45. The SMILES string of the molecule is Cc1cccc(C(C(=O)NC2CCCCC2)N(CC#N)C(=O)C(CC(N)=O)NC(=O)OC(C)(C)C)c1. The van der Waals surface area contributed by atoms with Crippen LogP contribution in [0.15, 0.2) is 24.3 Å². The van der Waals surface area contributed by atoms with Gasteiger partial charge in [-0.3, -0.25) is 14.4 Å². The maximum absolute atomic E-state index is 13.7. The number of rotatable bonds is 9. The maximum atomic E-state index is 13.7. The summed E-state index contributed by atoms with van der Waals surface area (Å²) in [5, 5.41) is 15.0. The molecule has 0 radical (unpaired) electrons. The van der Waals surface area contributed by atoms with Crippen molar-refractivity contribution >= 4 is 23.8 Å². The Kier molecular flexibility index (Phi) is 10.3. The molecule has 4 amide bonds. The van der Waals surface area contributed by atoms with Gasteiger partial charge in [0.15, 0.2) is 0 Å². The van der Waals surface area contributed by atoms with E-state index in [-0.39, 0.29) is 6.04 Å². The van der Waals surface area contributed by atoms with Gasteiger partial charge in [-0.1, -0.05) is 49.1 Å². The quantitative estimate of drug-likeness (QED) is 0.444. The van der Waals surface area contributed by atoms with Gasteiger partial charge in [-0.2, -0.15) is 5.26 Å². The smallest absolute Gasteiger partial charge is 0.408 e. The Balaban J connectivity index is 2.43. The summed E-state index contributed by atoms with van der Waals surface area (Å²) in [6.07, 6.45) is 3.34. The second-order valence-corrected chi connectivity index (χ2v) is 10.2. The van der Waals surface area contributed by atoms with Gasteiger partial charge in [0.25, 0.3) is 0 Å². The van der Waals surface area contributed by atoms with Crippen LogP contribution in [0, 0.1) is 18.3 Å². The molecule has 2 rings (SSSR count). The van der Waals surface area contributed by atoms with E-state index in [0.717, 1.165) is 42.6 Å². The van der Waals surface area contributed by atoms with Crippen LogP contribution < -0.4 is 16.4 Å². The van der Waals surface area contributed by atoms with Crippen molar-refractivity contribution in [2.75, 3.05) is 6.54 Å². The van der Waals surface area contributed by atoms with E-state index in [9.17, 15) is 24.4 Å². The van der Waals surface area contributed by atoms with Crippen LogP contribution in [0.1, 0.15) is 76.5 Å². The molecule has 1 aromatic carbocycles. The third kappa shape index (κ3) is 8.87. The number of nitrogens with one attached hydrogen (secondary N) is 2. The molecule has 1 aliphatic carbocycles. The van der Waals surface area contributed by atoms with E-state index in [1.807, 2.05) is 19.1 Å². The van der Waals surface area contributed by atoms with Crippen LogP contribution in [0.3, 0.4) is 0 Å². The van der Waals surface area contributed by atoms with E-state index in [1.165, 1.54) is 0 Å². The van der Waals surface area contributed by atoms with Gasteiger partial charge in [-0.25, -0.2) is 4.79 Å². The molecule has 1 aliphatic rings. The van der Waals surface area contributed by atoms with E-state index >= 15 is 0 Å². The molecule has 0 saturated heterocycles. The molecule has 1 saturated carbocycles. The molecule has 10 heteroatoms. The fraction of sp³-hybridized carbons (Fsp3) is 0.577. The largest absolute Gasteiger partial charge is 0.444 e. The van der Waals surface area contributed by atoms with Crippen molar-refractivity contribution < 1.29 is 23.9 Å². The highest BCUT2D eigenvalue weighted by Crippen LogP contribution is 2.25. The number of nitriles is 1. The summed E-state index contributed by atoms with van der Waals surface area (Å²) < 4.78 is 5.23. The lowest BCUT2D eigenvalue weighted by molar-refractivity contribution is -0.143. The van der Waals surface area contributed by atoms with Crippen molar-refractivity contribution in [3.63, 3.8) is 0 Å². The number of carbonyl (C=O) groups is 4. The average molecular weight is 500 g/mol. The minimum atomic E-state index is -1.42. The average Bonchev–Trinajstić information content (AvgIpc) is 2.77. The lowest BCUT2D eigenvalue weighted by Gasteiger charge is -2.34. The zero-order chi connectivity index (χ0) is 26.9. The molecule has 36 heavy (non-hydrogen) atoms. The highest BCUT2D eigenvalue weighted by atomic mass is 16.6. The van der Waals surface area contributed by atoms with E-state index < -0.39 is 54.5 Å². The minimum absolute atomic E-state index is 0.0288. The minimum Gasteiger partial charge on any atom is -0.444 e. The molecule has 0 aliphatic heterocycles. The zero-order valence-corrected chi connectivity index (χ0v) is 21.5. The first-order valence-electron chi connectivity index (χ1n) is 12.2. The molecule has 0 aromatic heterocycles. The number of hydrogen-bond donors (Lipinski definition) is 3. The van der Waals surface area contributed by atoms with Gasteiger partial charge in [0.05, 0.1) is 12.5 Å². The summed E-state index contributed by atoms with van der Waals surface area (Å²) in [6.45, 7) is 6.38. The van der Waals surface area contributed by atoms with Gasteiger partial charge in [0.2, 0.25) is 17.7 Å². The Bertz CT molecular complexity index is 991. The number of alkyl carbamates (subject to hydrolysis) is 1. The highest BCUT2D eigenvalue weighted by molar-refractivity contribution is 5.94. The first-order chi connectivity index (χ1) is 16.9. The number of aryl methyl sites for hydroxylation is 1. The second-order valence-electron chi connectivity index (χ2n) is 10.2. The molecule has 2 atom stereocenters. The number of hydrogen-bond acceptors (Lipinski definition) is 6. The molecular formula is C26H37N5O5. The van der Waals surface area contributed by atoms with Gasteiger partial charge in [0, 0.05) is 6.04 Å². The van der Waals surface area contributed by atoms with Gasteiger partial charge in [-0.05, 0) is 46.1 Å². The van der Waals surface area contributed by atoms with Crippen molar-refractivity contribution in [2.24, 2.45) is 5.73 Å². The molecule has 0 spiro atoms. The summed E-state index contributed by atoms with van der Waals surface area (Å²) >= 11 is 0. The van der Waals surface area contributed by atoms with Crippen LogP contribution in [-0.4, -0.2) is 52.9 Å². The van der Waals surface area contributed by atoms with Crippen molar-refractivity contribution in [1.82, 2.24) is 15.5 Å². The summed E-state index contributed by atoms with van der Waals surface area (Å²) in [5.41, 5.74) is 5.89. The van der Waals surface area contributed by atoms with E-state index in [2.05, 4.69) is 10.6 Å². The lowest BCUT2D eigenvalue weighted by atomic mass is 9.94. The molecular weight excluding hydrogens is 462 g/mol. The molecule has 1 aromatic rings. The van der Waals surface area contributed by atoms with Gasteiger partial charge in [0.1, 0.15) is 24.2 Å². The van der Waals surface area contributed by atoms with E-state index in [0.29, 0.717) is 5.56 Å². The third-order valence-corrected chi connectivity index (χ3v) is 5.79. The number of ether oxygens (including phenoxy) is 1. The molecule has 0 heterocycles. The van der Waals surface area contributed by atoms with Crippen molar-refractivity contribution in [2.45, 2.75) is 89.9 Å². The van der Waals surface area contributed by atoms with Gasteiger partial charge >= 0.3 is 6.09 Å². The summed E-state index contributed by atoms with van der Waals surface area (Å²) in [5.74, 6) is -2.04. The summed E-state index contributed by atoms with van der Waals surface area (Å²) in [4.78, 5) is 52.5. The van der Waals surface area contributed by atoms with Crippen LogP contribution >= 0.6 is 0 Å². The number of carbonyl (C=O) groups excluding carboxylic acids is 4. The Morgan fingerprint density at radius 2 is 1.86 bits per heavy atom. The lowest BCUT2D eigenvalue weighted by Crippen LogP contribution is -2.54. The van der Waals surface area contributed by atoms with Crippen molar-refractivity contribution in [1.29, 1.82) is 5.26 Å². The van der Waals surface area contributed by atoms with Crippen molar-refractivity contribution in [3.8, 4) is 6.07 Å². The van der Waals surface area contributed by atoms with Crippen LogP contribution in [0.2, 0.25) is 0 Å². The fourth-order valence-corrected chi connectivity index (χ4v) is 4.26. The fourth-order valence-electron chi connectivity index (χ4n) is 4.26. The van der Waals surface area contributed by atoms with Crippen LogP contribution in [0.25, 0.3) is 0 Å². The second kappa shape index (κ2) is 12.9. The maximum Gasteiger partial charge on any atom is 0.408 e. The van der Waals surface area contributed by atoms with Crippen molar-refractivity contribution in [3.05, 3.63) is 35.4 Å². The predicted octanol–water partition coefficient (Wildman–Crippen LogP) is 2.61. The molecule has 0 bridgehead atoms. The van der Waals surface area contributed by atoms with Crippen LogP contribution in [0.4, 0.5) is 4.79 Å². The number of nitrogens with two attached hydrogens (primary N) is 1. The summed E-state index contributed by atoms with van der Waals surface area (Å²) in [7, 11) is 0. The normalized spacial score (nSPS) is 15.6. The Morgan fingerprint density at radius 3 is 2.42 bits per heavy atom. The number of primary amides is 1. The van der Waals surface area contributed by atoms with Crippen LogP contribution in [-0.2, 0) is 19.1 Å². The standard InChI is InChI=1S/C26H37N5O5/c1-17-9-8-10-18(15-17)22(23(33)29-19-11-6-5-7-12-19)31(14-13-27)24(34)20(16-21(28)32)30-25(35)36-26(2,3)4/h8-10,15,19-20,22H,5-7,11-12,14,16H2,1-4H3,(H2,28,32)(H,29,33)(H,30,35). The molecule has 10 nitrogen and oxygen atoms in total. The number of nitrogens with zero attached hydrogens (tertiary/aromatic N) is 2. The Hall–Kier alpha value is -3.61. The van der Waals surface area contributed by atoms with Crippen LogP contribution in [0.5, 0.6) is 0 Å². The third-order valence-electron chi connectivity index (χ3n) is 5.79. The van der Waals surface area contributed by atoms with E-state index in [4.69, 9.17) is 10.5 Å².